The van der Waals surface area contributed by atoms with Crippen LogP contribution >= 0.6 is 11.3 Å². The van der Waals surface area contributed by atoms with Gasteiger partial charge in [0.25, 0.3) is 0 Å². The number of nitrogens with one attached hydrogen (secondary N) is 1. The van der Waals surface area contributed by atoms with Crippen LogP contribution in [-0.2, 0) is 0 Å². The summed E-state index contributed by atoms with van der Waals surface area (Å²) in [6.07, 6.45) is 0. The maximum Gasteiger partial charge on any atom is 0.0454 e. The molecule has 1 aromatic carbocycles. The van der Waals surface area contributed by atoms with Gasteiger partial charge in [0.2, 0.25) is 0 Å². The predicted octanol–water partition coefficient (Wildman–Crippen LogP) is 4.34. The van der Waals surface area contributed by atoms with Crippen LogP contribution in [0.3, 0.4) is 0 Å². The van der Waals surface area contributed by atoms with Crippen molar-refractivity contribution in [1.82, 2.24) is 10.2 Å². The first kappa shape index (κ1) is 16.2. The highest BCUT2D eigenvalue weighted by Crippen LogP contribution is 2.29. The Morgan fingerprint density at radius 1 is 1.05 bits per heavy atom. The zero-order valence-corrected chi connectivity index (χ0v) is 14.2. The van der Waals surface area contributed by atoms with Gasteiger partial charge in [-0.1, -0.05) is 50.2 Å². The number of hydrogen-bond acceptors (Lipinski definition) is 3. The molecular weight excluding hydrogens is 276 g/mol. The molecule has 21 heavy (non-hydrogen) atoms. The minimum Gasteiger partial charge on any atom is -0.308 e. The molecule has 0 fully saturated rings. The molecule has 0 saturated carbocycles. The highest BCUT2D eigenvalue weighted by Gasteiger charge is 2.22. The summed E-state index contributed by atoms with van der Waals surface area (Å²) in [4.78, 5) is 3.67. The minimum atomic E-state index is 0.343. The Hall–Kier alpha value is -1.16. The van der Waals surface area contributed by atoms with Crippen LogP contribution in [0.5, 0.6) is 0 Å². The van der Waals surface area contributed by atoms with E-state index < -0.39 is 0 Å². The smallest absolute Gasteiger partial charge is 0.0454 e. The molecule has 0 bridgehead atoms. The molecule has 2 aromatic rings. The lowest BCUT2D eigenvalue weighted by Gasteiger charge is -2.30. The van der Waals surface area contributed by atoms with E-state index in [4.69, 9.17) is 0 Å². The second-order valence-corrected chi connectivity index (χ2v) is 7.11. The second-order valence-electron chi connectivity index (χ2n) is 6.13. The molecule has 1 aromatic heterocycles. The summed E-state index contributed by atoms with van der Waals surface area (Å²) in [7, 11) is 4.26. The Morgan fingerprint density at radius 2 is 1.76 bits per heavy atom. The lowest BCUT2D eigenvalue weighted by molar-refractivity contribution is 0.295. The molecule has 0 aliphatic carbocycles. The molecule has 0 radical (unpaired) electrons. The van der Waals surface area contributed by atoms with Gasteiger partial charge in [-0.2, -0.15) is 0 Å². The summed E-state index contributed by atoms with van der Waals surface area (Å²) in [5, 5.41) is 6.03. The van der Waals surface area contributed by atoms with Gasteiger partial charge in [-0.3, -0.25) is 0 Å². The Kier molecular flexibility index (Phi) is 5.97. The van der Waals surface area contributed by atoms with Gasteiger partial charge < -0.3 is 10.2 Å². The summed E-state index contributed by atoms with van der Waals surface area (Å²) in [6, 6.07) is 15.9. The van der Waals surface area contributed by atoms with E-state index in [1.54, 1.807) is 0 Å². The summed E-state index contributed by atoms with van der Waals surface area (Å²) in [6.45, 7) is 5.57. The molecule has 1 heterocycles. The largest absolute Gasteiger partial charge is 0.308 e. The monoisotopic (exact) mass is 302 g/mol. The van der Waals surface area contributed by atoms with Gasteiger partial charge in [-0.15, -0.1) is 11.3 Å². The molecule has 2 atom stereocenters. The average molecular weight is 302 g/mol. The van der Waals surface area contributed by atoms with Gasteiger partial charge in [0.05, 0.1) is 0 Å². The Balaban J connectivity index is 2.20. The van der Waals surface area contributed by atoms with Gasteiger partial charge in [-0.25, -0.2) is 0 Å². The second kappa shape index (κ2) is 7.74. The number of nitrogens with zero attached hydrogens (tertiary/aromatic N) is 1. The molecular formula is C18H26N2S. The van der Waals surface area contributed by atoms with E-state index in [-0.39, 0.29) is 0 Å². The van der Waals surface area contributed by atoms with Gasteiger partial charge in [0.15, 0.2) is 0 Å². The minimum absolute atomic E-state index is 0.343. The van der Waals surface area contributed by atoms with E-state index in [1.165, 1.54) is 10.4 Å². The Bertz CT molecular complexity index is 505. The molecule has 0 amide bonds. The van der Waals surface area contributed by atoms with Crippen LogP contribution in [0.25, 0.3) is 0 Å². The van der Waals surface area contributed by atoms with E-state index in [1.807, 2.05) is 11.3 Å². The lowest BCUT2D eigenvalue weighted by Crippen LogP contribution is -2.35. The highest BCUT2D eigenvalue weighted by atomic mass is 32.1. The summed E-state index contributed by atoms with van der Waals surface area (Å²) in [5.74, 6) is 0.567. The molecule has 2 unspecified atom stereocenters. The van der Waals surface area contributed by atoms with Gasteiger partial charge >= 0.3 is 0 Å². The SMILES string of the molecule is CC(C)C(NC(CN(C)C)c1ccccc1)c1cccs1. The van der Waals surface area contributed by atoms with Crippen molar-refractivity contribution in [2.45, 2.75) is 25.9 Å². The van der Waals surface area contributed by atoms with Gasteiger partial charge in [-0.05, 0) is 37.0 Å². The zero-order valence-electron chi connectivity index (χ0n) is 13.4. The van der Waals surface area contributed by atoms with Crippen molar-refractivity contribution in [3.05, 3.63) is 58.3 Å². The molecule has 0 aliphatic heterocycles. The normalized spacial score (nSPS) is 14.6. The first-order valence-electron chi connectivity index (χ1n) is 7.57. The molecule has 2 rings (SSSR count). The first-order chi connectivity index (χ1) is 10.1. The molecule has 3 heteroatoms. The van der Waals surface area contributed by atoms with Crippen LogP contribution in [0.4, 0.5) is 0 Å². The van der Waals surface area contributed by atoms with E-state index in [0.29, 0.717) is 18.0 Å². The van der Waals surface area contributed by atoms with Crippen LogP contribution in [0.1, 0.15) is 36.4 Å². The molecule has 2 nitrogen and oxygen atoms in total. The molecule has 114 valence electrons. The molecule has 0 saturated heterocycles. The van der Waals surface area contributed by atoms with Crippen LogP contribution in [0.15, 0.2) is 47.8 Å². The van der Waals surface area contributed by atoms with Crippen molar-refractivity contribution in [3.63, 3.8) is 0 Å². The fourth-order valence-electron chi connectivity index (χ4n) is 2.59. The molecule has 0 aliphatic rings. The molecule has 0 spiro atoms. The third kappa shape index (κ3) is 4.67. The number of benzene rings is 1. The van der Waals surface area contributed by atoms with Crippen molar-refractivity contribution >= 4 is 11.3 Å². The van der Waals surface area contributed by atoms with Crippen molar-refractivity contribution in [3.8, 4) is 0 Å². The fourth-order valence-corrected chi connectivity index (χ4v) is 3.55. The fraction of sp³-hybridized carbons (Fsp3) is 0.444. The number of thiophene rings is 1. The highest BCUT2D eigenvalue weighted by molar-refractivity contribution is 7.10. The Labute approximate surface area is 132 Å². The number of hydrogen-bond donors (Lipinski definition) is 1. The summed E-state index contributed by atoms with van der Waals surface area (Å²) >= 11 is 1.84. The van der Waals surface area contributed by atoms with E-state index in [0.717, 1.165) is 6.54 Å². The van der Waals surface area contributed by atoms with Crippen LogP contribution in [-0.4, -0.2) is 25.5 Å². The van der Waals surface area contributed by atoms with Crippen molar-refractivity contribution in [1.29, 1.82) is 0 Å². The van der Waals surface area contributed by atoms with Crippen LogP contribution < -0.4 is 5.32 Å². The maximum atomic E-state index is 3.87. The molecule has 1 N–H and O–H groups in total. The summed E-state index contributed by atoms with van der Waals surface area (Å²) in [5.41, 5.74) is 1.36. The van der Waals surface area contributed by atoms with E-state index in [9.17, 15) is 0 Å². The predicted molar refractivity (Wildman–Crippen MR) is 92.8 cm³/mol. The van der Waals surface area contributed by atoms with Gasteiger partial charge in [0, 0.05) is 23.5 Å². The third-order valence-electron chi connectivity index (χ3n) is 3.65. The topological polar surface area (TPSA) is 15.3 Å². The maximum absolute atomic E-state index is 3.87. The average Bonchev–Trinajstić information content (AvgIpc) is 2.97. The lowest BCUT2D eigenvalue weighted by atomic mass is 9.99. The van der Waals surface area contributed by atoms with Crippen molar-refractivity contribution in [2.75, 3.05) is 20.6 Å². The standard InChI is InChI=1S/C18H26N2S/c1-14(2)18(17-11-8-12-21-17)19-16(13-20(3)4)15-9-6-5-7-10-15/h5-12,14,16,18-19H,13H2,1-4H3. The van der Waals surface area contributed by atoms with Crippen molar-refractivity contribution in [2.24, 2.45) is 5.92 Å². The summed E-state index contributed by atoms with van der Waals surface area (Å²) < 4.78 is 0. The zero-order chi connectivity index (χ0) is 15.2. The first-order valence-corrected chi connectivity index (χ1v) is 8.45. The van der Waals surface area contributed by atoms with Crippen LogP contribution in [0.2, 0.25) is 0 Å². The third-order valence-corrected chi connectivity index (χ3v) is 4.60. The number of likely N-dealkylation sites (N-methyl/N-ethyl adjacent to an activating group) is 1. The van der Waals surface area contributed by atoms with Crippen molar-refractivity contribution < 1.29 is 0 Å². The van der Waals surface area contributed by atoms with Crippen LogP contribution in [0, 0.1) is 5.92 Å². The van der Waals surface area contributed by atoms with Gasteiger partial charge in [0.1, 0.15) is 0 Å². The quantitative estimate of drug-likeness (QED) is 0.818. The van der Waals surface area contributed by atoms with E-state index >= 15 is 0 Å². The Morgan fingerprint density at radius 3 is 2.29 bits per heavy atom. The number of rotatable bonds is 7. The van der Waals surface area contributed by atoms with E-state index in [2.05, 4.69) is 86.0 Å².